The molecule has 3 N–H and O–H groups in total. The van der Waals surface area contributed by atoms with E-state index in [0.717, 1.165) is 24.1 Å². The highest BCUT2D eigenvalue weighted by Crippen LogP contribution is 2.45. The van der Waals surface area contributed by atoms with Gasteiger partial charge in [-0.25, -0.2) is 4.39 Å². The van der Waals surface area contributed by atoms with Crippen molar-refractivity contribution in [3.63, 3.8) is 0 Å². The summed E-state index contributed by atoms with van der Waals surface area (Å²) in [4.78, 5) is 13.2. The van der Waals surface area contributed by atoms with E-state index in [0.29, 0.717) is 23.3 Å². The van der Waals surface area contributed by atoms with Gasteiger partial charge in [0.2, 0.25) is 5.91 Å². The Labute approximate surface area is 200 Å². The number of carbonyl (C=O) groups is 1. The molecule has 0 spiro atoms. The van der Waals surface area contributed by atoms with E-state index in [2.05, 4.69) is 7.05 Å². The van der Waals surface area contributed by atoms with Crippen LogP contribution in [0, 0.1) is 11.7 Å². The molecule has 5 nitrogen and oxygen atoms in total. The molecular weight excluding hydrogens is 431 g/mol. The summed E-state index contributed by atoms with van der Waals surface area (Å²) in [5.74, 6) is -0.194. The Morgan fingerprint density at radius 3 is 2.15 bits per heavy atom. The minimum absolute atomic E-state index is 0.0231. The van der Waals surface area contributed by atoms with Crippen molar-refractivity contribution in [1.82, 2.24) is 0 Å². The second-order valence-electron chi connectivity index (χ2n) is 9.52. The van der Waals surface area contributed by atoms with Crippen LogP contribution in [0.4, 0.5) is 4.39 Å². The summed E-state index contributed by atoms with van der Waals surface area (Å²) < 4.78 is 19.4. The fourth-order valence-electron chi connectivity index (χ4n) is 5.51. The lowest BCUT2D eigenvalue weighted by Crippen LogP contribution is -2.53. The number of amides is 1. The van der Waals surface area contributed by atoms with Crippen molar-refractivity contribution >= 4 is 5.91 Å². The van der Waals surface area contributed by atoms with Crippen LogP contribution in [-0.4, -0.2) is 54.9 Å². The topological polar surface area (TPSA) is 72.6 Å². The highest BCUT2D eigenvalue weighted by atomic mass is 19.1. The first kappa shape index (κ1) is 23.9. The van der Waals surface area contributed by atoms with Crippen LogP contribution in [0.1, 0.15) is 17.5 Å². The number of hydrogen-bond donors (Lipinski definition) is 2. The number of aliphatic hydroxyl groups is 1. The number of nitrogens with zero attached hydrogens (tertiary/aromatic N) is 1. The third-order valence-electron chi connectivity index (χ3n) is 7.05. The smallest absolute Gasteiger partial charge is 0.233 e. The number of ether oxygens (including phenoxy) is 1. The van der Waals surface area contributed by atoms with Gasteiger partial charge < -0.3 is 20.1 Å². The maximum absolute atomic E-state index is 13.2. The average molecular weight is 464 g/mol. The van der Waals surface area contributed by atoms with Crippen LogP contribution in [0.15, 0.2) is 84.9 Å². The molecule has 0 aliphatic carbocycles. The first-order valence-electron chi connectivity index (χ1n) is 11.6. The molecule has 0 bridgehead atoms. The van der Waals surface area contributed by atoms with E-state index in [-0.39, 0.29) is 24.2 Å². The predicted molar refractivity (Wildman–Crippen MR) is 130 cm³/mol. The molecule has 1 heterocycles. The summed E-state index contributed by atoms with van der Waals surface area (Å²) in [5, 5.41) is 10.7. The number of halogens is 1. The fourth-order valence-corrected chi connectivity index (χ4v) is 5.51. The molecule has 1 aliphatic rings. The SMILES string of the molecule is C[N@+]1(C[C@H](O)COc2ccc(F)cc2)CCC(C(C(N)=O)(c2ccccc2)c2ccccc2)C1. The van der Waals surface area contributed by atoms with E-state index in [9.17, 15) is 14.3 Å². The van der Waals surface area contributed by atoms with Gasteiger partial charge in [0.15, 0.2) is 0 Å². The predicted octanol–water partition coefficient (Wildman–Crippen LogP) is 3.50. The molecule has 1 unspecified atom stereocenters. The lowest BCUT2D eigenvalue weighted by molar-refractivity contribution is -0.902. The molecular formula is C28H32FN2O3+. The third-order valence-corrected chi connectivity index (χ3v) is 7.05. The van der Waals surface area contributed by atoms with E-state index in [1.165, 1.54) is 12.1 Å². The number of likely N-dealkylation sites (N-methyl/N-ethyl adjacent to an activating group) is 1. The quantitative estimate of drug-likeness (QED) is 0.477. The third kappa shape index (κ3) is 4.83. The number of quaternary nitrogens is 1. The molecule has 1 fully saturated rings. The van der Waals surface area contributed by atoms with Crippen molar-refractivity contribution in [3.8, 4) is 5.75 Å². The maximum atomic E-state index is 13.2. The molecule has 3 atom stereocenters. The Bertz CT molecular complexity index is 1050. The van der Waals surface area contributed by atoms with Crippen molar-refractivity contribution in [3.05, 3.63) is 102 Å². The maximum Gasteiger partial charge on any atom is 0.233 e. The minimum atomic E-state index is -0.950. The van der Waals surface area contributed by atoms with Crippen LogP contribution in [0.25, 0.3) is 0 Å². The van der Waals surface area contributed by atoms with E-state index in [1.54, 1.807) is 12.1 Å². The van der Waals surface area contributed by atoms with Gasteiger partial charge >= 0.3 is 0 Å². The molecule has 0 radical (unpaired) electrons. The van der Waals surface area contributed by atoms with Gasteiger partial charge in [0.25, 0.3) is 0 Å². The van der Waals surface area contributed by atoms with Gasteiger partial charge in [0.05, 0.1) is 20.1 Å². The van der Waals surface area contributed by atoms with Crippen molar-refractivity contribution in [2.75, 3.05) is 33.3 Å². The molecule has 6 heteroatoms. The molecule has 0 aromatic heterocycles. The Morgan fingerprint density at radius 1 is 1.06 bits per heavy atom. The molecule has 34 heavy (non-hydrogen) atoms. The lowest BCUT2D eigenvalue weighted by atomic mass is 9.64. The lowest BCUT2D eigenvalue weighted by Gasteiger charge is -2.38. The monoisotopic (exact) mass is 463 g/mol. The Balaban J connectivity index is 1.54. The summed E-state index contributed by atoms with van der Waals surface area (Å²) in [6, 6.07) is 25.3. The average Bonchev–Trinajstić information content (AvgIpc) is 3.22. The first-order chi connectivity index (χ1) is 16.3. The zero-order valence-electron chi connectivity index (χ0n) is 19.4. The van der Waals surface area contributed by atoms with E-state index >= 15 is 0 Å². The van der Waals surface area contributed by atoms with Crippen LogP contribution >= 0.6 is 0 Å². The van der Waals surface area contributed by atoms with Gasteiger partial charge in [-0.3, -0.25) is 4.79 Å². The largest absolute Gasteiger partial charge is 0.491 e. The van der Waals surface area contributed by atoms with Crippen LogP contribution in [0.2, 0.25) is 0 Å². The van der Waals surface area contributed by atoms with Crippen molar-refractivity contribution in [1.29, 1.82) is 0 Å². The Hall–Kier alpha value is -3.22. The van der Waals surface area contributed by atoms with Crippen LogP contribution < -0.4 is 10.5 Å². The Kier molecular flexibility index (Phi) is 7.00. The van der Waals surface area contributed by atoms with E-state index < -0.39 is 11.5 Å². The zero-order valence-corrected chi connectivity index (χ0v) is 19.4. The van der Waals surface area contributed by atoms with Crippen LogP contribution in [0.5, 0.6) is 5.75 Å². The summed E-state index contributed by atoms with van der Waals surface area (Å²) in [7, 11) is 2.10. The Morgan fingerprint density at radius 2 is 1.62 bits per heavy atom. The van der Waals surface area contributed by atoms with Crippen LogP contribution in [-0.2, 0) is 10.2 Å². The van der Waals surface area contributed by atoms with Gasteiger partial charge in [-0.2, -0.15) is 0 Å². The summed E-state index contributed by atoms with van der Waals surface area (Å²) in [5.41, 5.74) is 7.03. The number of aliphatic hydroxyl groups excluding tert-OH is 1. The summed E-state index contributed by atoms with van der Waals surface area (Å²) in [6.07, 6.45) is 0.0969. The highest BCUT2D eigenvalue weighted by Gasteiger charge is 2.53. The number of rotatable bonds is 9. The van der Waals surface area contributed by atoms with Crippen molar-refractivity contribution in [2.24, 2.45) is 11.7 Å². The standard InChI is InChI=1S/C28H31FN2O3/c1-31(19-25(32)20-34-26-14-12-24(29)13-15-26)17-16-23(18-31)28(27(30)33,21-8-4-2-5-9-21)22-10-6-3-7-11-22/h2-15,23,25,32H,16-20H2,1H3,(H-,30,33)/p+1/t23?,25-,31-/m0/s1. The second-order valence-corrected chi connectivity index (χ2v) is 9.52. The number of primary amides is 1. The van der Waals surface area contributed by atoms with Gasteiger partial charge in [-0.05, 0) is 35.4 Å². The summed E-state index contributed by atoms with van der Waals surface area (Å²) in [6.45, 7) is 2.10. The molecule has 1 saturated heterocycles. The van der Waals surface area contributed by atoms with Gasteiger partial charge in [0, 0.05) is 12.3 Å². The zero-order chi connectivity index (χ0) is 24.2. The molecule has 3 aromatic carbocycles. The molecule has 3 aromatic rings. The highest BCUT2D eigenvalue weighted by molar-refractivity contribution is 5.91. The number of carbonyl (C=O) groups excluding carboxylic acids is 1. The minimum Gasteiger partial charge on any atom is -0.491 e. The van der Waals surface area contributed by atoms with Gasteiger partial charge in [-0.15, -0.1) is 0 Å². The van der Waals surface area contributed by atoms with Crippen molar-refractivity contribution in [2.45, 2.75) is 17.9 Å². The fraction of sp³-hybridized carbons (Fsp3) is 0.321. The number of nitrogens with two attached hydrogens (primary N) is 1. The molecule has 4 rings (SSSR count). The molecule has 1 aliphatic heterocycles. The van der Waals surface area contributed by atoms with E-state index in [4.69, 9.17) is 10.5 Å². The van der Waals surface area contributed by atoms with E-state index in [1.807, 2.05) is 60.7 Å². The molecule has 1 amide bonds. The van der Waals surface area contributed by atoms with Crippen molar-refractivity contribution < 1.29 is 23.5 Å². The summed E-state index contributed by atoms with van der Waals surface area (Å²) >= 11 is 0. The first-order valence-corrected chi connectivity index (χ1v) is 11.6. The number of likely N-dealkylation sites (tertiary alicyclic amines) is 1. The van der Waals surface area contributed by atoms with Gasteiger partial charge in [0.1, 0.15) is 36.2 Å². The van der Waals surface area contributed by atoms with Crippen LogP contribution in [0.3, 0.4) is 0 Å². The molecule has 178 valence electrons. The number of benzene rings is 3. The normalized spacial score (nSPS) is 21.2. The molecule has 0 saturated carbocycles. The van der Waals surface area contributed by atoms with Gasteiger partial charge in [-0.1, -0.05) is 60.7 Å². The number of hydrogen-bond acceptors (Lipinski definition) is 3. The second kappa shape index (κ2) is 9.95.